The molecule has 2 aromatic heterocycles. The molecule has 2 rings (SSSR count). The first-order valence-electron chi connectivity index (χ1n) is 6.82. The fourth-order valence-corrected chi connectivity index (χ4v) is 1.87. The Morgan fingerprint density at radius 1 is 1.29 bits per heavy atom. The van der Waals surface area contributed by atoms with Crippen molar-refractivity contribution < 1.29 is 9.53 Å². The number of esters is 1. The van der Waals surface area contributed by atoms with E-state index in [-0.39, 0.29) is 5.69 Å². The Morgan fingerprint density at radius 3 is 2.62 bits per heavy atom. The number of carbonyl (C=O) groups excluding carboxylic acids is 1. The van der Waals surface area contributed by atoms with E-state index in [9.17, 15) is 4.79 Å². The van der Waals surface area contributed by atoms with Gasteiger partial charge in [0.2, 0.25) is 0 Å². The van der Waals surface area contributed by atoms with E-state index in [0.29, 0.717) is 12.2 Å². The Balaban J connectivity index is 2.19. The highest BCUT2D eigenvalue weighted by Crippen LogP contribution is 2.13. The monoisotopic (exact) mass is 288 g/mol. The number of aryl methyl sites for hydroxylation is 1. The lowest BCUT2D eigenvalue weighted by molar-refractivity contribution is 0.00618. The SMILES string of the molecule is Cc1cccc(Cn2nnc(C(=O)OC(C)(C)C)c2C)n1. The van der Waals surface area contributed by atoms with E-state index in [4.69, 9.17) is 4.74 Å². The van der Waals surface area contributed by atoms with Gasteiger partial charge >= 0.3 is 5.97 Å². The van der Waals surface area contributed by atoms with Gasteiger partial charge in [-0.2, -0.15) is 0 Å². The number of hydrogen-bond donors (Lipinski definition) is 0. The van der Waals surface area contributed by atoms with Gasteiger partial charge in [-0.15, -0.1) is 5.10 Å². The van der Waals surface area contributed by atoms with Gasteiger partial charge in [-0.1, -0.05) is 11.3 Å². The number of nitrogens with zero attached hydrogens (tertiary/aromatic N) is 4. The summed E-state index contributed by atoms with van der Waals surface area (Å²) in [7, 11) is 0. The molecule has 0 amide bonds. The summed E-state index contributed by atoms with van der Waals surface area (Å²) in [4.78, 5) is 16.5. The van der Waals surface area contributed by atoms with Crippen LogP contribution < -0.4 is 0 Å². The zero-order valence-corrected chi connectivity index (χ0v) is 13.0. The van der Waals surface area contributed by atoms with Crippen molar-refractivity contribution in [3.05, 3.63) is 41.0 Å². The van der Waals surface area contributed by atoms with Gasteiger partial charge in [-0.05, 0) is 46.8 Å². The molecule has 0 radical (unpaired) electrons. The predicted octanol–water partition coefficient (Wildman–Crippen LogP) is 2.29. The van der Waals surface area contributed by atoms with Crippen LogP contribution in [0.4, 0.5) is 0 Å². The van der Waals surface area contributed by atoms with Crippen LogP contribution in [-0.2, 0) is 11.3 Å². The van der Waals surface area contributed by atoms with E-state index in [1.54, 1.807) is 11.6 Å². The number of rotatable bonds is 3. The Morgan fingerprint density at radius 2 is 2.00 bits per heavy atom. The van der Waals surface area contributed by atoms with Crippen molar-refractivity contribution in [3.8, 4) is 0 Å². The van der Waals surface area contributed by atoms with Crippen LogP contribution in [0.2, 0.25) is 0 Å². The van der Waals surface area contributed by atoms with Crippen LogP contribution >= 0.6 is 0 Å². The molecule has 6 nitrogen and oxygen atoms in total. The van der Waals surface area contributed by atoms with Crippen LogP contribution in [0, 0.1) is 13.8 Å². The van der Waals surface area contributed by atoms with Crippen LogP contribution in [0.15, 0.2) is 18.2 Å². The third-order valence-electron chi connectivity index (χ3n) is 2.83. The largest absolute Gasteiger partial charge is 0.455 e. The number of carbonyl (C=O) groups is 1. The fourth-order valence-electron chi connectivity index (χ4n) is 1.87. The van der Waals surface area contributed by atoms with Crippen molar-refractivity contribution in [1.29, 1.82) is 0 Å². The minimum Gasteiger partial charge on any atom is -0.455 e. The minimum atomic E-state index is -0.550. The molecule has 0 unspecified atom stereocenters. The fraction of sp³-hybridized carbons (Fsp3) is 0.467. The van der Waals surface area contributed by atoms with Gasteiger partial charge in [0.25, 0.3) is 0 Å². The molecule has 0 N–H and O–H groups in total. The molecule has 0 spiro atoms. The predicted molar refractivity (Wildman–Crippen MR) is 78.0 cm³/mol. The van der Waals surface area contributed by atoms with E-state index in [0.717, 1.165) is 11.4 Å². The molecule has 2 aromatic rings. The third kappa shape index (κ3) is 3.87. The van der Waals surface area contributed by atoms with Gasteiger partial charge in [0.05, 0.1) is 17.9 Å². The molecule has 21 heavy (non-hydrogen) atoms. The molecule has 0 fully saturated rings. The molecule has 6 heteroatoms. The van der Waals surface area contributed by atoms with Crippen molar-refractivity contribution in [2.24, 2.45) is 0 Å². The molecule has 112 valence electrons. The normalized spacial score (nSPS) is 11.5. The van der Waals surface area contributed by atoms with Crippen molar-refractivity contribution in [2.45, 2.75) is 46.8 Å². The van der Waals surface area contributed by atoms with E-state index >= 15 is 0 Å². The lowest BCUT2D eigenvalue weighted by atomic mass is 10.2. The maximum atomic E-state index is 12.0. The topological polar surface area (TPSA) is 69.9 Å². The molecule has 0 saturated heterocycles. The summed E-state index contributed by atoms with van der Waals surface area (Å²) in [6.45, 7) is 9.67. The molecule has 0 aliphatic heterocycles. The zero-order chi connectivity index (χ0) is 15.6. The van der Waals surface area contributed by atoms with Gasteiger partial charge in [0.1, 0.15) is 5.60 Å². The average Bonchev–Trinajstić information content (AvgIpc) is 2.69. The smallest absolute Gasteiger partial charge is 0.361 e. The van der Waals surface area contributed by atoms with Gasteiger partial charge in [0.15, 0.2) is 5.69 Å². The second kappa shape index (κ2) is 5.63. The van der Waals surface area contributed by atoms with Crippen molar-refractivity contribution >= 4 is 5.97 Å². The second-order valence-corrected chi connectivity index (χ2v) is 5.95. The third-order valence-corrected chi connectivity index (χ3v) is 2.83. The molecular weight excluding hydrogens is 268 g/mol. The Hall–Kier alpha value is -2.24. The molecule has 2 heterocycles. The standard InChI is InChI=1S/C15H20N4O2/c1-10-7-6-8-12(16-10)9-19-11(2)13(17-18-19)14(20)21-15(3,4)5/h6-8H,9H2,1-5H3. The highest BCUT2D eigenvalue weighted by molar-refractivity contribution is 5.88. The van der Waals surface area contributed by atoms with E-state index in [1.807, 2.05) is 45.9 Å². The van der Waals surface area contributed by atoms with Crippen molar-refractivity contribution in [1.82, 2.24) is 20.0 Å². The van der Waals surface area contributed by atoms with E-state index in [1.165, 1.54) is 0 Å². The van der Waals surface area contributed by atoms with E-state index < -0.39 is 11.6 Å². The Kier molecular flexibility index (Phi) is 4.06. The summed E-state index contributed by atoms with van der Waals surface area (Å²) < 4.78 is 6.97. The molecule has 0 bridgehead atoms. The van der Waals surface area contributed by atoms with Crippen LogP contribution in [0.5, 0.6) is 0 Å². The molecular formula is C15H20N4O2. The maximum absolute atomic E-state index is 12.0. The quantitative estimate of drug-likeness (QED) is 0.810. The summed E-state index contributed by atoms with van der Waals surface area (Å²) >= 11 is 0. The van der Waals surface area contributed by atoms with Gasteiger partial charge in [-0.3, -0.25) is 4.98 Å². The first-order valence-corrected chi connectivity index (χ1v) is 6.82. The minimum absolute atomic E-state index is 0.248. The Labute approximate surface area is 124 Å². The van der Waals surface area contributed by atoms with Crippen molar-refractivity contribution in [2.75, 3.05) is 0 Å². The summed E-state index contributed by atoms with van der Waals surface area (Å²) in [5, 5.41) is 7.95. The Bertz CT molecular complexity index is 656. The second-order valence-electron chi connectivity index (χ2n) is 5.95. The van der Waals surface area contributed by atoms with Gasteiger partial charge in [0, 0.05) is 5.69 Å². The molecule has 0 atom stereocenters. The van der Waals surface area contributed by atoms with Crippen molar-refractivity contribution in [3.63, 3.8) is 0 Å². The van der Waals surface area contributed by atoms with Crippen LogP contribution in [0.3, 0.4) is 0 Å². The summed E-state index contributed by atoms with van der Waals surface area (Å²) in [6.07, 6.45) is 0. The molecule has 0 aliphatic carbocycles. The van der Waals surface area contributed by atoms with E-state index in [2.05, 4.69) is 15.3 Å². The van der Waals surface area contributed by atoms with Crippen LogP contribution in [0.25, 0.3) is 0 Å². The maximum Gasteiger partial charge on any atom is 0.361 e. The molecule has 0 aliphatic rings. The summed E-state index contributed by atoms with van der Waals surface area (Å²) in [5.74, 6) is -0.455. The summed E-state index contributed by atoms with van der Waals surface area (Å²) in [5.41, 5.74) is 2.19. The number of aromatic nitrogens is 4. The number of pyridine rings is 1. The highest BCUT2D eigenvalue weighted by Gasteiger charge is 2.23. The highest BCUT2D eigenvalue weighted by atomic mass is 16.6. The van der Waals surface area contributed by atoms with Crippen LogP contribution in [0.1, 0.15) is 48.3 Å². The lowest BCUT2D eigenvalue weighted by Gasteiger charge is -2.18. The lowest BCUT2D eigenvalue weighted by Crippen LogP contribution is -2.24. The van der Waals surface area contributed by atoms with Gasteiger partial charge < -0.3 is 4.74 Å². The molecule has 0 saturated carbocycles. The summed E-state index contributed by atoms with van der Waals surface area (Å²) in [6, 6.07) is 5.80. The van der Waals surface area contributed by atoms with Crippen LogP contribution in [-0.4, -0.2) is 31.5 Å². The average molecular weight is 288 g/mol. The zero-order valence-electron chi connectivity index (χ0n) is 13.0. The number of hydrogen-bond acceptors (Lipinski definition) is 5. The number of ether oxygens (including phenoxy) is 1. The molecule has 0 aromatic carbocycles. The first kappa shape index (κ1) is 15.2. The van der Waals surface area contributed by atoms with Gasteiger partial charge in [-0.25, -0.2) is 9.48 Å². The first-order chi connectivity index (χ1) is 9.76.